The average molecular weight is 251 g/mol. The number of nitrogens with one attached hydrogen (secondary N) is 1. The molecule has 0 bridgehead atoms. The zero-order chi connectivity index (χ0) is 13.7. The Hall–Kier alpha value is -2.44. The first-order valence-corrected chi connectivity index (χ1v) is 5.11. The normalized spacial score (nSPS) is 9.67. The largest absolute Gasteiger partial charge is 0.480 e. The van der Waals surface area contributed by atoms with Crippen molar-refractivity contribution >= 4 is 17.8 Å². The predicted molar refractivity (Wildman–Crippen MR) is 62.2 cm³/mol. The highest BCUT2D eigenvalue weighted by Crippen LogP contribution is 2.04. The maximum absolute atomic E-state index is 11.8. The first kappa shape index (κ1) is 13.6. The number of carbonyl (C=O) groups excluding carboxylic acids is 2. The number of rotatable bonds is 4. The lowest BCUT2D eigenvalue weighted by molar-refractivity contribution is -0.137. The number of carboxylic acids is 1. The third-order valence-corrected chi connectivity index (χ3v) is 2.19. The van der Waals surface area contributed by atoms with Crippen LogP contribution < -0.4 is 5.32 Å². The van der Waals surface area contributed by atoms with Gasteiger partial charge in [0.2, 0.25) is 0 Å². The molecule has 0 aliphatic heterocycles. The zero-order valence-corrected chi connectivity index (χ0v) is 10.0. The first-order valence-electron chi connectivity index (χ1n) is 5.11. The summed E-state index contributed by atoms with van der Waals surface area (Å²) < 4.78 is 0. The van der Waals surface area contributed by atoms with Crippen LogP contribution in [0.3, 0.4) is 0 Å². The van der Waals surface area contributed by atoms with Crippen LogP contribution in [-0.2, 0) is 4.79 Å². The second-order valence-corrected chi connectivity index (χ2v) is 3.57. The molecule has 2 N–H and O–H groups in total. The average Bonchev–Trinajstić information content (AvgIpc) is 2.36. The van der Waals surface area contributed by atoms with Crippen molar-refractivity contribution in [2.75, 3.05) is 20.6 Å². The molecule has 7 heteroatoms. The third kappa shape index (κ3) is 3.27. The Balaban J connectivity index is 2.82. The number of aliphatic carboxylic acids is 1. The summed E-state index contributed by atoms with van der Waals surface area (Å²) in [6, 6.07) is 2.83. The van der Waals surface area contributed by atoms with Gasteiger partial charge in [0.05, 0.1) is 5.56 Å². The van der Waals surface area contributed by atoms with Gasteiger partial charge in [-0.15, -0.1) is 0 Å². The van der Waals surface area contributed by atoms with Crippen LogP contribution in [0.5, 0.6) is 0 Å². The Morgan fingerprint density at radius 1 is 1.39 bits per heavy atom. The number of amides is 2. The zero-order valence-electron chi connectivity index (χ0n) is 10.0. The van der Waals surface area contributed by atoms with Gasteiger partial charge < -0.3 is 15.3 Å². The second kappa shape index (κ2) is 5.76. The Morgan fingerprint density at radius 3 is 2.50 bits per heavy atom. The van der Waals surface area contributed by atoms with Crippen LogP contribution in [-0.4, -0.2) is 53.4 Å². The van der Waals surface area contributed by atoms with Gasteiger partial charge in [-0.3, -0.25) is 19.4 Å². The minimum atomic E-state index is -1.10. The molecule has 0 radical (unpaired) electrons. The van der Waals surface area contributed by atoms with E-state index in [1.54, 1.807) is 0 Å². The fourth-order valence-electron chi connectivity index (χ4n) is 1.28. The van der Waals surface area contributed by atoms with E-state index in [2.05, 4.69) is 10.3 Å². The van der Waals surface area contributed by atoms with E-state index in [-0.39, 0.29) is 17.2 Å². The molecule has 0 aliphatic rings. The van der Waals surface area contributed by atoms with Gasteiger partial charge >= 0.3 is 5.97 Å². The lowest BCUT2D eigenvalue weighted by Gasteiger charge is -2.14. The van der Waals surface area contributed by atoms with Gasteiger partial charge in [-0.1, -0.05) is 0 Å². The van der Waals surface area contributed by atoms with Crippen LogP contribution in [0.2, 0.25) is 0 Å². The van der Waals surface area contributed by atoms with Gasteiger partial charge in [-0.2, -0.15) is 0 Å². The highest BCUT2D eigenvalue weighted by molar-refractivity contribution is 5.97. The molecule has 0 saturated heterocycles. The summed E-state index contributed by atoms with van der Waals surface area (Å²) in [7, 11) is 2.85. The molecule has 0 fully saturated rings. The maximum atomic E-state index is 11.8. The number of aromatic nitrogens is 1. The van der Waals surface area contributed by atoms with Crippen LogP contribution in [0.1, 0.15) is 20.8 Å². The van der Waals surface area contributed by atoms with E-state index in [1.165, 1.54) is 32.4 Å². The summed E-state index contributed by atoms with van der Waals surface area (Å²) in [5.41, 5.74) is 0.418. The van der Waals surface area contributed by atoms with Crippen LogP contribution in [0.4, 0.5) is 0 Å². The molecule has 0 unspecified atom stereocenters. The lowest BCUT2D eigenvalue weighted by Crippen LogP contribution is -2.32. The smallest absolute Gasteiger partial charge is 0.323 e. The fourth-order valence-corrected chi connectivity index (χ4v) is 1.28. The van der Waals surface area contributed by atoms with Crippen molar-refractivity contribution in [3.8, 4) is 0 Å². The molecule has 7 nitrogen and oxygen atoms in total. The Bertz CT molecular complexity index is 470. The van der Waals surface area contributed by atoms with Gasteiger partial charge in [0, 0.05) is 20.3 Å². The monoisotopic (exact) mass is 251 g/mol. The topological polar surface area (TPSA) is 99.6 Å². The highest BCUT2D eigenvalue weighted by atomic mass is 16.4. The Labute approximate surface area is 103 Å². The summed E-state index contributed by atoms with van der Waals surface area (Å²) in [4.78, 5) is 38.3. The van der Waals surface area contributed by atoms with Crippen molar-refractivity contribution in [3.05, 3.63) is 29.6 Å². The maximum Gasteiger partial charge on any atom is 0.323 e. The highest BCUT2D eigenvalue weighted by Gasteiger charge is 2.15. The molecule has 1 rings (SSSR count). The number of hydrogen-bond donors (Lipinski definition) is 2. The summed E-state index contributed by atoms with van der Waals surface area (Å²) in [6.45, 7) is -0.393. The molecular weight excluding hydrogens is 238 g/mol. The Kier molecular flexibility index (Phi) is 4.36. The number of carboxylic acid groups (broad SMARTS) is 1. The summed E-state index contributed by atoms with van der Waals surface area (Å²) in [6.07, 6.45) is 1.24. The van der Waals surface area contributed by atoms with Crippen LogP contribution in [0.15, 0.2) is 18.3 Å². The summed E-state index contributed by atoms with van der Waals surface area (Å²) in [5.74, 6) is -1.91. The molecule has 96 valence electrons. The minimum absolute atomic E-state index is 0.190. The predicted octanol–water partition coefficient (Wildman–Crippen LogP) is -0.402. The van der Waals surface area contributed by atoms with E-state index in [0.29, 0.717) is 0 Å². The van der Waals surface area contributed by atoms with Crippen molar-refractivity contribution in [1.82, 2.24) is 15.2 Å². The van der Waals surface area contributed by atoms with Gasteiger partial charge in [0.15, 0.2) is 0 Å². The first-order chi connectivity index (χ1) is 8.45. The molecule has 0 aliphatic carbocycles. The van der Waals surface area contributed by atoms with Crippen molar-refractivity contribution < 1.29 is 19.5 Å². The number of pyridine rings is 1. The SMILES string of the molecule is CNC(=O)c1ccc(C(=O)N(C)CC(=O)O)cn1. The molecule has 1 aromatic heterocycles. The quantitative estimate of drug-likeness (QED) is 0.758. The molecule has 1 heterocycles. The third-order valence-electron chi connectivity index (χ3n) is 2.19. The molecular formula is C11H13N3O4. The lowest BCUT2D eigenvalue weighted by atomic mass is 10.2. The van der Waals surface area contributed by atoms with Crippen LogP contribution >= 0.6 is 0 Å². The second-order valence-electron chi connectivity index (χ2n) is 3.57. The molecule has 18 heavy (non-hydrogen) atoms. The van der Waals surface area contributed by atoms with Crippen LogP contribution in [0, 0.1) is 0 Å². The molecule has 1 aromatic rings. The Morgan fingerprint density at radius 2 is 2.06 bits per heavy atom. The van der Waals surface area contributed by atoms with E-state index in [1.807, 2.05) is 0 Å². The molecule has 0 spiro atoms. The van der Waals surface area contributed by atoms with E-state index < -0.39 is 18.4 Å². The number of nitrogens with zero attached hydrogens (tertiary/aromatic N) is 2. The summed E-state index contributed by atoms with van der Waals surface area (Å²) in [5, 5.41) is 11.0. The van der Waals surface area contributed by atoms with Crippen molar-refractivity contribution in [2.24, 2.45) is 0 Å². The molecule has 0 aromatic carbocycles. The number of carbonyl (C=O) groups is 3. The number of likely N-dealkylation sites (N-methyl/N-ethyl adjacent to an activating group) is 1. The van der Waals surface area contributed by atoms with E-state index in [0.717, 1.165) is 4.90 Å². The minimum Gasteiger partial charge on any atom is -0.480 e. The molecule has 0 saturated carbocycles. The van der Waals surface area contributed by atoms with Crippen molar-refractivity contribution in [3.63, 3.8) is 0 Å². The van der Waals surface area contributed by atoms with Gasteiger partial charge in [0.25, 0.3) is 11.8 Å². The van der Waals surface area contributed by atoms with Gasteiger partial charge in [0.1, 0.15) is 12.2 Å². The van der Waals surface area contributed by atoms with E-state index in [4.69, 9.17) is 5.11 Å². The fraction of sp³-hybridized carbons (Fsp3) is 0.273. The summed E-state index contributed by atoms with van der Waals surface area (Å²) >= 11 is 0. The number of hydrogen-bond acceptors (Lipinski definition) is 4. The van der Waals surface area contributed by atoms with Crippen molar-refractivity contribution in [1.29, 1.82) is 0 Å². The van der Waals surface area contributed by atoms with Crippen molar-refractivity contribution in [2.45, 2.75) is 0 Å². The van der Waals surface area contributed by atoms with E-state index >= 15 is 0 Å². The van der Waals surface area contributed by atoms with Crippen LogP contribution in [0.25, 0.3) is 0 Å². The molecule has 2 amide bonds. The standard InChI is InChI=1S/C11H13N3O4/c1-12-10(17)8-4-3-7(5-13-8)11(18)14(2)6-9(15)16/h3-5H,6H2,1-2H3,(H,12,17)(H,15,16). The van der Waals surface area contributed by atoms with Gasteiger partial charge in [-0.25, -0.2) is 0 Å². The van der Waals surface area contributed by atoms with Gasteiger partial charge in [-0.05, 0) is 12.1 Å². The molecule has 0 atom stereocenters. The van der Waals surface area contributed by atoms with E-state index in [9.17, 15) is 14.4 Å².